The first-order chi connectivity index (χ1) is 14.8. The first-order valence-electron chi connectivity index (χ1n) is 9.71. The normalized spacial score (nSPS) is 15.2. The zero-order chi connectivity index (χ0) is 22.4. The molecular weight excluding hydrogens is 440 g/mol. The summed E-state index contributed by atoms with van der Waals surface area (Å²) in [4.78, 5) is 25.8. The summed E-state index contributed by atoms with van der Waals surface area (Å²) in [6, 6.07) is 13.6. The summed E-state index contributed by atoms with van der Waals surface area (Å²) >= 11 is 5.82. The molecule has 9 heteroatoms. The summed E-state index contributed by atoms with van der Waals surface area (Å²) in [5.41, 5.74) is 1.97. The van der Waals surface area contributed by atoms with E-state index in [1.165, 1.54) is 39.5 Å². The number of sulfonamides is 1. The Kier molecular flexibility index (Phi) is 7.48. The lowest BCUT2D eigenvalue weighted by Crippen LogP contribution is -2.51. The Morgan fingerprint density at radius 1 is 1.00 bits per heavy atom. The SMILES string of the molecule is Cc1ccc(/C=C/C(=O)OCC(=O)N2CCN(S(=O)(=O)c3ccc(Cl)cc3)CC2)cc1. The van der Waals surface area contributed by atoms with Crippen LogP contribution >= 0.6 is 11.6 Å². The topological polar surface area (TPSA) is 84.0 Å². The third-order valence-electron chi connectivity index (χ3n) is 4.87. The maximum absolute atomic E-state index is 12.7. The molecule has 1 amide bonds. The zero-order valence-electron chi connectivity index (χ0n) is 17.0. The maximum Gasteiger partial charge on any atom is 0.331 e. The molecule has 1 saturated heterocycles. The molecule has 1 aliphatic rings. The summed E-state index contributed by atoms with van der Waals surface area (Å²) < 4.78 is 31.7. The molecule has 2 aromatic carbocycles. The maximum atomic E-state index is 12.7. The summed E-state index contributed by atoms with van der Waals surface area (Å²) in [5.74, 6) is -0.974. The smallest absolute Gasteiger partial charge is 0.331 e. The van der Waals surface area contributed by atoms with Crippen molar-refractivity contribution >= 4 is 39.6 Å². The molecule has 0 aliphatic carbocycles. The number of nitrogens with zero attached hydrogens (tertiary/aromatic N) is 2. The van der Waals surface area contributed by atoms with Crippen LogP contribution in [-0.2, 0) is 24.3 Å². The van der Waals surface area contributed by atoms with Gasteiger partial charge in [0.25, 0.3) is 5.91 Å². The molecule has 0 spiro atoms. The molecule has 1 aliphatic heterocycles. The molecule has 0 radical (unpaired) electrons. The van der Waals surface area contributed by atoms with Crippen molar-refractivity contribution in [1.82, 2.24) is 9.21 Å². The van der Waals surface area contributed by atoms with Crippen molar-refractivity contribution in [2.24, 2.45) is 0 Å². The molecule has 0 atom stereocenters. The van der Waals surface area contributed by atoms with E-state index in [0.29, 0.717) is 5.02 Å². The van der Waals surface area contributed by atoms with Crippen LogP contribution in [0.25, 0.3) is 6.08 Å². The quantitative estimate of drug-likeness (QED) is 0.487. The van der Waals surface area contributed by atoms with E-state index in [1.807, 2.05) is 31.2 Å². The van der Waals surface area contributed by atoms with Gasteiger partial charge in [-0.05, 0) is 42.8 Å². The lowest BCUT2D eigenvalue weighted by atomic mass is 10.1. The predicted molar refractivity (Wildman–Crippen MR) is 118 cm³/mol. The number of esters is 1. The molecular formula is C22H23ClN2O5S. The Morgan fingerprint density at radius 3 is 2.23 bits per heavy atom. The Bertz CT molecular complexity index is 1060. The van der Waals surface area contributed by atoms with E-state index >= 15 is 0 Å². The lowest BCUT2D eigenvalue weighted by Gasteiger charge is -2.33. The van der Waals surface area contributed by atoms with Crippen LogP contribution in [0.2, 0.25) is 5.02 Å². The van der Waals surface area contributed by atoms with Crippen molar-refractivity contribution in [2.75, 3.05) is 32.8 Å². The molecule has 164 valence electrons. The van der Waals surface area contributed by atoms with E-state index in [9.17, 15) is 18.0 Å². The van der Waals surface area contributed by atoms with Gasteiger partial charge in [-0.15, -0.1) is 0 Å². The van der Waals surface area contributed by atoms with Crippen molar-refractivity contribution < 1.29 is 22.7 Å². The number of halogens is 1. The monoisotopic (exact) mass is 462 g/mol. The highest BCUT2D eigenvalue weighted by Crippen LogP contribution is 2.20. The largest absolute Gasteiger partial charge is 0.452 e. The van der Waals surface area contributed by atoms with Gasteiger partial charge in [0.05, 0.1) is 4.90 Å². The van der Waals surface area contributed by atoms with Crippen molar-refractivity contribution in [3.05, 3.63) is 70.8 Å². The third-order valence-corrected chi connectivity index (χ3v) is 7.03. The van der Waals surface area contributed by atoms with Crippen LogP contribution in [0.5, 0.6) is 0 Å². The minimum absolute atomic E-state index is 0.158. The third kappa shape index (κ3) is 6.16. The molecule has 3 rings (SSSR count). The first kappa shape index (κ1) is 23.0. The number of benzene rings is 2. The van der Waals surface area contributed by atoms with E-state index < -0.39 is 16.0 Å². The highest BCUT2D eigenvalue weighted by molar-refractivity contribution is 7.89. The Morgan fingerprint density at radius 2 is 1.61 bits per heavy atom. The Hall–Kier alpha value is -2.68. The molecule has 1 fully saturated rings. The first-order valence-corrected chi connectivity index (χ1v) is 11.5. The van der Waals surface area contributed by atoms with Crippen molar-refractivity contribution in [1.29, 1.82) is 0 Å². The lowest BCUT2D eigenvalue weighted by molar-refractivity contribution is -0.148. The minimum Gasteiger partial charge on any atom is -0.452 e. The van der Waals surface area contributed by atoms with E-state index in [4.69, 9.17) is 16.3 Å². The van der Waals surface area contributed by atoms with Crippen LogP contribution in [0.3, 0.4) is 0 Å². The van der Waals surface area contributed by atoms with Crippen LogP contribution < -0.4 is 0 Å². The van der Waals surface area contributed by atoms with Gasteiger partial charge in [0.15, 0.2) is 6.61 Å². The van der Waals surface area contributed by atoms with Gasteiger partial charge in [0.2, 0.25) is 10.0 Å². The van der Waals surface area contributed by atoms with Crippen LogP contribution in [0, 0.1) is 6.92 Å². The molecule has 0 N–H and O–H groups in total. The highest BCUT2D eigenvalue weighted by atomic mass is 35.5. The highest BCUT2D eigenvalue weighted by Gasteiger charge is 2.30. The second-order valence-corrected chi connectivity index (χ2v) is 9.46. The Balaban J connectivity index is 1.47. The van der Waals surface area contributed by atoms with Crippen LogP contribution in [-0.4, -0.2) is 62.3 Å². The van der Waals surface area contributed by atoms with Gasteiger partial charge < -0.3 is 9.64 Å². The number of rotatable bonds is 6. The van der Waals surface area contributed by atoms with E-state index in [-0.39, 0.29) is 43.6 Å². The minimum atomic E-state index is -3.65. The van der Waals surface area contributed by atoms with Gasteiger partial charge in [-0.1, -0.05) is 41.4 Å². The fourth-order valence-electron chi connectivity index (χ4n) is 3.05. The second-order valence-electron chi connectivity index (χ2n) is 7.09. The number of aryl methyl sites for hydroxylation is 1. The summed E-state index contributed by atoms with van der Waals surface area (Å²) in [6.45, 7) is 2.36. The average Bonchev–Trinajstić information content (AvgIpc) is 2.77. The molecule has 2 aromatic rings. The van der Waals surface area contributed by atoms with E-state index in [1.54, 1.807) is 6.08 Å². The van der Waals surface area contributed by atoms with Crippen molar-refractivity contribution in [3.63, 3.8) is 0 Å². The van der Waals surface area contributed by atoms with Gasteiger partial charge in [-0.3, -0.25) is 4.79 Å². The van der Waals surface area contributed by atoms with E-state index in [0.717, 1.165) is 11.1 Å². The van der Waals surface area contributed by atoms with Gasteiger partial charge in [-0.25, -0.2) is 13.2 Å². The number of carbonyl (C=O) groups is 2. The van der Waals surface area contributed by atoms with Gasteiger partial charge >= 0.3 is 5.97 Å². The average molecular weight is 463 g/mol. The van der Waals surface area contributed by atoms with Crippen LogP contribution in [0.1, 0.15) is 11.1 Å². The molecule has 7 nitrogen and oxygen atoms in total. The van der Waals surface area contributed by atoms with Gasteiger partial charge in [-0.2, -0.15) is 4.31 Å². The molecule has 1 heterocycles. The molecule has 0 unspecified atom stereocenters. The summed E-state index contributed by atoms with van der Waals surface area (Å²) in [5, 5.41) is 0.456. The second kappa shape index (κ2) is 10.1. The van der Waals surface area contributed by atoms with Crippen LogP contribution in [0.4, 0.5) is 0 Å². The molecule has 31 heavy (non-hydrogen) atoms. The Labute approximate surface area is 186 Å². The fourth-order valence-corrected chi connectivity index (χ4v) is 4.60. The molecule has 0 bridgehead atoms. The van der Waals surface area contributed by atoms with Gasteiger partial charge in [0.1, 0.15) is 0 Å². The van der Waals surface area contributed by atoms with Crippen LogP contribution in [0.15, 0.2) is 59.5 Å². The molecule has 0 aromatic heterocycles. The van der Waals surface area contributed by atoms with Crippen molar-refractivity contribution in [2.45, 2.75) is 11.8 Å². The predicted octanol–water partition coefficient (Wildman–Crippen LogP) is 2.74. The number of amides is 1. The van der Waals surface area contributed by atoms with E-state index in [2.05, 4.69) is 0 Å². The number of piperazine rings is 1. The number of hydrogen-bond acceptors (Lipinski definition) is 5. The molecule has 0 saturated carbocycles. The zero-order valence-corrected chi connectivity index (χ0v) is 18.6. The summed E-state index contributed by atoms with van der Waals surface area (Å²) in [7, 11) is -3.65. The fraction of sp³-hybridized carbons (Fsp3) is 0.273. The van der Waals surface area contributed by atoms with Gasteiger partial charge in [0, 0.05) is 37.3 Å². The number of hydrogen-bond donors (Lipinski definition) is 0. The number of ether oxygens (including phenoxy) is 1. The summed E-state index contributed by atoms with van der Waals surface area (Å²) in [6.07, 6.45) is 2.89. The standard InChI is InChI=1S/C22H23ClN2O5S/c1-17-2-4-18(5-3-17)6-11-22(27)30-16-21(26)24-12-14-25(15-13-24)31(28,29)20-9-7-19(23)8-10-20/h2-11H,12-16H2,1H3/b11-6+. The number of carbonyl (C=O) groups excluding carboxylic acids is 2. The van der Waals surface area contributed by atoms with Crippen molar-refractivity contribution in [3.8, 4) is 0 Å².